The van der Waals surface area contributed by atoms with Crippen molar-refractivity contribution in [2.75, 3.05) is 6.54 Å². The minimum absolute atomic E-state index is 0.287. The van der Waals surface area contributed by atoms with Crippen LogP contribution in [-0.4, -0.2) is 26.4 Å². The third-order valence-corrected chi connectivity index (χ3v) is 5.57. The maximum Gasteiger partial charge on any atom is 0.234 e. The molecule has 0 unspecified atom stereocenters. The Labute approximate surface area is 129 Å². The first-order chi connectivity index (χ1) is 10.1. The van der Waals surface area contributed by atoms with Crippen molar-refractivity contribution in [1.82, 2.24) is 19.8 Å². The fourth-order valence-electron chi connectivity index (χ4n) is 3.17. The molecule has 0 aliphatic heterocycles. The average Bonchev–Trinajstić information content (AvgIpc) is 3.12. The first-order valence-corrected chi connectivity index (χ1v) is 8.82. The lowest BCUT2D eigenvalue weighted by atomic mass is 9.84. The smallest absolute Gasteiger partial charge is 0.234 e. The molecule has 1 aliphatic rings. The number of nitrogens with zero attached hydrogens (tertiary/aromatic N) is 4. The van der Waals surface area contributed by atoms with Crippen LogP contribution in [0.15, 0.2) is 0 Å². The molecule has 0 atom stereocenters. The number of nitrogens with two attached hydrogens (primary N) is 1. The zero-order chi connectivity index (χ0) is 14.9. The second kappa shape index (κ2) is 6.01. The summed E-state index contributed by atoms with van der Waals surface area (Å²) in [6, 6.07) is 0. The van der Waals surface area contributed by atoms with Gasteiger partial charge in [-0.05, 0) is 37.6 Å². The highest BCUT2D eigenvalue weighted by atomic mass is 32.1. The van der Waals surface area contributed by atoms with Gasteiger partial charge in [-0.2, -0.15) is 9.61 Å². The van der Waals surface area contributed by atoms with Gasteiger partial charge in [0.25, 0.3) is 0 Å². The van der Waals surface area contributed by atoms with E-state index in [1.54, 1.807) is 11.3 Å². The van der Waals surface area contributed by atoms with Crippen molar-refractivity contribution in [3.63, 3.8) is 0 Å². The summed E-state index contributed by atoms with van der Waals surface area (Å²) in [6.07, 6.45) is 8.27. The predicted octanol–water partition coefficient (Wildman–Crippen LogP) is 3.15. The molecule has 0 radical (unpaired) electrons. The van der Waals surface area contributed by atoms with Crippen molar-refractivity contribution in [1.29, 1.82) is 0 Å². The highest BCUT2D eigenvalue weighted by Gasteiger charge is 2.24. The van der Waals surface area contributed by atoms with E-state index in [0.29, 0.717) is 5.92 Å². The second-order valence-electron chi connectivity index (χ2n) is 6.93. The molecule has 1 fully saturated rings. The van der Waals surface area contributed by atoms with E-state index in [1.165, 1.54) is 30.7 Å². The summed E-state index contributed by atoms with van der Waals surface area (Å²) in [5.74, 6) is 1.63. The number of aryl methyl sites for hydroxylation is 1. The summed E-state index contributed by atoms with van der Waals surface area (Å²) in [4.78, 5) is 0.948. The summed E-state index contributed by atoms with van der Waals surface area (Å²) >= 11 is 1.68. The van der Waals surface area contributed by atoms with Crippen molar-refractivity contribution < 1.29 is 0 Å². The molecule has 6 heteroatoms. The Morgan fingerprint density at radius 3 is 2.71 bits per heavy atom. The van der Waals surface area contributed by atoms with Crippen LogP contribution >= 0.6 is 11.3 Å². The van der Waals surface area contributed by atoms with Gasteiger partial charge in [-0.1, -0.05) is 38.0 Å². The van der Waals surface area contributed by atoms with Crippen LogP contribution < -0.4 is 5.73 Å². The molecule has 2 heterocycles. The SMILES string of the molecule is CC(C)(CCN)CCc1nn2c(C3CCCC3)nnc2s1. The number of aromatic nitrogens is 4. The third kappa shape index (κ3) is 3.26. The van der Waals surface area contributed by atoms with Crippen LogP contribution in [0.2, 0.25) is 0 Å². The van der Waals surface area contributed by atoms with Gasteiger partial charge in [0.2, 0.25) is 4.96 Å². The van der Waals surface area contributed by atoms with Gasteiger partial charge in [0, 0.05) is 12.3 Å². The summed E-state index contributed by atoms with van der Waals surface area (Å²) in [7, 11) is 0. The molecule has 0 aromatic carbocycles. The molecule has 0 amide bonds. The largest absolute Gasteiger partial charge is 0.330 e. The highest BCUT2D eigenvalue weighted by molar-refractivity contribution is 7.16. The van der Waals surface area contributed by atoms with Crippen LogP contribution in [0, 0.1) is 5.41 Å². The summed E-state index contributed by atoms with van der Waals surface area (Å²) < 4.78 is 1.99. The molecule has 1 saturated carbocycles. The molecular weight excluding hydrogens is 282 g/mol. The van der Waals surface area contributed by atoms with Gasteiger partial charge in [-0.15, -0.1) is 10.2 Å². The molecule has 116 valence electrons. The first kappa shape index (κ1) is 14.9. The highest BCUT2D eigenvalue weighted by Crippen LogP contribution is 2.34. The molecule has 0 bridgehead atoms. The van der Waals surface area contributed by atoms with Gasteiger partial charge in [0.15, 0.2) is 5.82 Å². The molecule has 5 nitrogen and oxygen atoms in total. The van der Waals surface area contributed by atoms with Crippen LogP contribution in [0.5, 0.6) is 0 Å². The lowest BCUT2D eigenvalue weighted by Gasteiger charge is -2.22. The Morgan fingerprint density at radius 1 is 1.24 bits per heavy atom. The van der Waals surface area contributed by atoms with E-state index in [9.17, 15) is 0 Å². The van der Waals surface area contributed by atoms with E-state index >= 15 is 0 Å². The Balaban J connectivity index is 1.72. The molecule has 1 aliphatic carbocycles. The van der Waals surface area contributed by atoms with Gasteiger partial charge in [0.1, 0.15) is 5.01 Å². The molecule has 2 N–H and O–H groups in total. The molecule has 3 rings (SSSR count). The fraction of sp³-hybridized carbons (Fsp3) is 0.800. The Hall–Kier alpha value is -1.01. The van der Waals surface area contributed by atoms with Crippen molar-refractivity contribution in [3.05, 3.63) is 10.8 Å². The number of hydrogen-bond acceptors (Lipinski definition) is 5. The van der Waals surface area contributed by atoms with E-state index in [-0.39, 0.29) is 5.41 Å². The van der Waals surface area contributed by atoms with E-state index in [1.807, 2.05) is 4.52 Å². The van der Waals surface area contributed by atoms with E-state index in [0.717, 1.165) is 36.6 Å². The van der Waals surface area contributed by atoms with Crippen LogP contribution in [0.25, 0.3) is 4.96 Å². The van der Waals surface area contributed by atoms with Gasteiger partial charge >= 0.3 is 0 Å². The van der Waals surface area contributed by atoms with Crippen molar-refractivity contribution >= 4 is 16.3 Å². The zero-order valence-electron chi connectivity index (χ0n) is 13.0. The minimum atomic E-state index is 0.287. The van der Waals surface area contributed by atoms with E-state index < -0.39 is 0 Å². The quantitative estimate of drug-likeness (QED) is 0.890. The molecular formula is C15H25N5S. The first-order valence-electron chi connectivity index (χ1n) is 8.00. The Morgan fingerprint density at radius 2 is 2.00 bits per heavy atom. The monoisotopic (exact) mass is 307 g/mol. The molecule has 2 aromatic rings. The van der Waals surface area contributed by atoms with Crippen molar-refractivity contribution in [2.24, 2.45) is 11.1 Å². The van der Waals surface area contributed by atoms with Gasteiger partial charge < -0.3 is 5.73 Å². The predicted molar refractivity (Wildman–Crippen MR) is 85.6 cm³/mol. The van der Waals surface area contributed by atoms with Crippen LogP contribution in [-0.2, 0) is 6.42 Å². The summed E-state index contributed by atoms with van der Waals surface area (Å²) in [5, 5.41) is 14.6. The summed E-state index contributed by atoms with van der Waals surface area (Å²) in [6.45, 7) is 5.32. The Kier molecular flexibility index (Phi) is 4.26. The molecule has 0 saturated heterocycles. The topological polar surface area (TPSA) is 69.1 Å². The van der Waals surface area contributed by atoms with Crippen molar-refractivity contribution in [2.45, 2.75) is 64.7 Å². The van der Waals surface area contributed by atoms with Gasteiger partial charge in [-0.3, -0.25) is 0 Å². The maximum absolute atomic E-state index is 5.68. The standard InChI is InChI=1S/C15H25N5S/c1-15(2,9-10-16)8-7-12-19-20-13(11-5-3-4-6-11)17-18-14(20)21-12/h11H,3-10,16H2,1-2H3. The summed E-state index contributed by atoms with van der Waals surface area (Å²) in [5.41, 5.74) is 5.97. The van der Waals surface area contributed by atoms with E-state index in [2.05, 4.69) is 24.0 Å². The normalized spacial score (nSPS) is 17.1. The fourth-order valence-corrected chi connectivity index (χ4v) is 4.01. The second-order valence-corrected chi connectivity index (χ2v) is 7.97. The lowest BCUT2D eigenvalue weighted by molar-refractivity contribution is 0.313. The average molecular weight is 307 g/mol. The van der Waals surface area contributed by atoms with E-state index in [4.69, 9.17) is 10.8 Å². The molecule has 2 aromatic heterocycles. The van der Waals surface area contributed by atoms with Gasteiger partial charge in [0.05, 0.1) is 0 Å². The number of fused-ring (bicyclic) bond motifs is 1. The lowest BCUT2D eigenvalue weighted by Crippen LogP contribution is -2.17. The third-order valence-electron chi connectivity index (χ3n) is 4.61. The zero-order valence-corrected chi connectivity index (χ0v) is 13.8. The molecule has 0 spiro atoms. The van der Waals surface area contributed by atoms with Crippen LogP contribution in [0.3, 0.4) is 0 Å². The maximum atomic E-state index is 5.68. The van der Waals surface area contributed by atoms with Crippen LogP contribution in [0.4, 0.5) is 0 Å². The molecule has 21 heavy (non-hydrogen) atoms. The van der Waals surface area contributed by atoms with Crippen molar-refractivity contribution in [3.8, 4) is 0 Å². The Bertz CT molecular complexity index is 594. The van der Waals surface area contributed by atoms with Crippen LogP contribution in [0.1, 0.15) is 69.1 Å². The van der Waals surface area contributed by atoms with Gasteiger partial charge in [-0.25, -0.2) is 0 Å². The minimum Gasteiger partial charge on any atom is -0.330 e. The number of hydrogen-bond donors (Lipinski definition) is 1. The number of rotatable bonds is 6.